The number of benzene rings is 2. The lowest BCUT2D eigenvalue weighted by Gasteiger charge is -2.14. The van der Waals surface area contributed by atoms with Gasteiger partial charge < -0.3 is 15.2 Å². The molecule has 137 valence electrons. The summed E-state index contributed by atoms with van der Waals surface area (Å²) in [5, 5.41) is 4.21. The molecule has 1 saturated heterocycles. The molecular weight excluding hydrogens is 336 g/mol. The number of guanidine groups is 1. The highest BCUT2D eigenvalue weighted by Crippen LogP contribution is 2.29. The monoisotopic (exact) mass is 359 g/mol. The van der Waals surface area contributed by atoms with Gasteiger partial charge in [0.2, 0.25) is 0 Å². The summed E-state index contributed by atoms with van der Waals surface area (Å²) in [6.45, 7) is 4.02. The van der Waals surface area contributed by atoms with E-state index in [0.29, 0.717) is 11.8 Å². The number of aliphatic imine (C=N–C) groups is 1. The highest BCUT2D eigenvalue weighted by Gasteiger charge is 2.17. The molecule has 27 heavy (non-hydrogen) atoms. The highest BCUT2D eigenvalue weighted by molar-refractivity contribution is 5.80. The van der Waals surface area contributed by atoms with Gasteiger partial charge in [0, 0.05) is 25.1 Å². The summed E-state index contributed by atoms with van der Waals surface area (Å²) in [6, 6.07) is 21.6. The summed E-state index contributed by atoms with van der Waals surface area (Å²) >= 11 is 0. The zero-order valence-corrected chi connectivity index (χ0v) is 15.4. The molecule has 4 rings (SSSR count). The topological polar surface area (TPSA) is 67.7 Å². The molecule has 3 aromatic rings. The van der Waals surface area contributed by atoms with Crippen LogP contribution in [0.4, 0.5) is 5.88 Å². The molecular formula is C22H23N4O. The van der Waals surface area contributed by atoms with Crippen LogP contribution in [0.15, 0.2) is 64.1 Å². The van der Waals surface area contributed by atoms with Gasteiger partial charge in [0.05, 0.1) is 5.69 Å². The number of nitrogens with two attached hydrogens (primary N) is 1. The quantitative estimate of drug-likeness (QED) is 0.556. The van der Waals surface area contributed by atoms with Crippen molar-refractivity contribution in [2.75, 3.05) is 13.1 Å². The maximum atomic E-state index is 6.08. The van der Waals surface area contributed by atoms with Crippen molar-refractivity contribution in [2.45, 2.75) is 25.7 Å². The molecule has 5 nitrogen and oxygen atoms in total. The van der Waals surface area contributed by atoms with Crippen molar-refractivity contribution in [2.24, 2.45) is 10.7 Å². The number of nitrogens with zero attached hydrogens (tertiary/aromatic N) is 3. The molecule has 0 aliphatic carbocycles. The van der Waals surface area contributed by atoms with Crippen molar-refractivity contribution in [1.82, 2.24) is 10.1 Å². The van der Waals surface area contributed by atoms with E-state index in [4.69, 9.17) is 10.3 Å². The summed E-state index contributed by atoms with van der Waals surface area (Å²) < 4.78 is 5.40. The third-order valence-electron chi connectivity index (χ3n) is 5.02. The van der Waals surface area contributed by atoms with E-state index in [9.17, 15) is 0 Å². The lowest BCUT2D eigenvalue weighted by atomic mass is 9.94. The average Bonchev–Trinajstić information content (AvgIpc) is 3.40. The summed E-state index contributed by atoms with van der Waals surface area (Å²) in [7, 11) is 0. The number of rotatable bonds is 4. The molecule has 0 saturated carbocycles. The van der Waals surface area contributed by atoms with Gasteiger partial charge in [-0.3, -0.25) is 0 Å². The predicted octanol–water partition coefficient (Wildman–Crippen LogP) is 4.34. The van der Waals surface area contributed by atoms with E-state index >= 15 is 0 Å². The van der Waals surface area contributed by atoms with Gasteiger partial charge >= 0.3 is 0 Å². The maximum absolute atomic E-state index is 6.08. The molecule has 1 radical (unpaired) electrons. The minimum atomic E-state index is 0.0920. The van der Waals surface area contributed by atoms with Gasteiger partial charge in [-0.15, -0.1) is 0 Å². The molecule has 2 aromatic carbocycles. The van der Waals surface area contributed by atoms with E-state index < -0.39 is 0 Å². The zero-order valence-electron chi connectivity index (χ0n) is 15.4. The zero-order chi connectivity index (χ0) is 18.6. The van der Waals surface area contributed by atoms with Crippen LogP contribution < -0.4 is 5.73 Å². The third-order valence-corrected chi connectivity index (χ3v) is 5.02. The van der Waals surface area contributed by atoms with Crippen LogP contribution in [0.2, 0.25) is 0 Å². The third kappa shape index (κ3) is 3.87. The first-order valence-electron chi connectivity index (χ1n) is 9.33. The van der Waals surface area contributed by atoms with Gasteiger partial charge in [-0.05, 0) is 35.6 Å². The second-order valence-corrected chi connectivity index (χ2v) is 6.88. The summed E-state index contributed by atoms with van der Waals surface area (Å²) in [4.78, 5) is 6.46. The average molecular weight is 359 g/mol. The van der Waals surface area contributed by atoms with Crippen LogP contribution in [-0.4, -0.2) is 29.1 Å². The first-order valence-corrected chi connectivity index (χ1v) is 9.33. The largest absolute Gasteiger partial charge is 0.369 e. The van der Waals surface area contributed by atoms with Gasteiger partial charge in [0.15, 0.2) is 5.96 Å². The number of hydrogen-bond donors (Lipinski definition) is 1. The number of hydrogen-bond acceptors (Lipinski definition) is 3. The Morgan fingerprint density at radius 3 is 2.81 bits per heavy atom. The van der Waals surface area contributed by atoms with E-state index in [1.807, 2.05) is 24.3 Å². The van der Waals surface area contributed by atoms with Crippen molar-refractivity contribution in [3.05, 3.63) is 71.9 Å². The minimum Gasteiger partial charge on any atom is -0.369 e. The van der Waals surface area contributed by atoms with Crippen LogP contribution in [-0.2, 0) is 0 Å². The van der Waals surface area contributed by atoms with Gasteiger partial charge in [-0.2, -0.15) is 4.99 Å². The van der Waals surface area contributed by atoms with Crippen LogP contribution in [0.1, 0.15) is 36.9 Å². The molecule has 1 aromatic heterocycles. The van der Waals surface area contributed by atoms with Crippen LogP contribution in [0.25, 0.3) is 11.1 Å². The fraction of sp³-hybridized carbons (Fsp3) is 0.273. The van der Waals surface area contributed by atoms with E-state index in [2.05, 4.69) is 58.4 Å². The molecule has 1 atom stereocenters. The maximum Gasteiger partial charge on any atom is 0.253 e. The Labute approximate surface area is 159 Å². The fourth-order valence-electron chi connectivity index (χ4n) is 3.38. The highest BCUT2D eigenvalue weighted by atomic mass is 16.5. The van der Waals surface area contributed by atoms with Gasteiger partial charge in [-0.25, -0.2) is 0 Å². The Bertz CT molecular complexity index is 926. The van der Waals surface area contributed by atoms with Gasteiger partial charge in [0.1, 0.15) is 0 Å². The van der Waals surface area contributed by atoms with E-state index in [1.165, 1.54) is 5.56 Å². The predicted molar refractivity (Wildman–Crippen MR) is 107 cm³/mol. The van der Waals surface area contributed by atoms with Crippen LogP contribution >= 0.6 is 0 Å². The van der Waals surface area contributed by atoms with Crippen LogP contribution in [0.3, 0.4) is 0 Å². The lowest BCUT2D eigenvalue weighted by molar-refractivity contribution is 0.417. The first kappa shape index (κ1) is 17.3. The second-order valence-electron chi connectivity index (χ2n) is 6.88. The summed E-state index contributed by atoms with van der Waals surface area (Å²) in [6.07, 6.45) is 2.31. The van der Waals surface area contributed by atoms with E-state index in [-0.39, 0.29) is 5.92 Å². The van der Waals surface area contributed by atoms with Crippen molar-refractivity contribution >= 4 is 11.8 Å². The Balaban J connectivity index is 1.54. The number of aromatic nitrogens is 1. The molecule has 0 spiro atoms. The normalized spacial score (nSPS) is 15.9. The van der Waals surface area contributed by atoms with Gasteiger partial charge in [0.25, 0.3) is 5.88 Å². The standard InChI is InChI=1S/C22H23N4O/c1-16(18-10-7-11-19(14-18)17-8-3-2-4-9-17)20-15-21(27-25-20)24-22(23)26-12-5-6-13-26/h2-4,7-8,10-11,14-16H,5-6,12-13H2,1H3,(H2,23,24). The summed E-state index contributed by atoms with van der Waals surface area (Å²) in [5.41, 5.74) is 10.3. The molecule has 2 N–H and O–H groups in total. The van der Waals surface area contributed by atoms with Crippen LogP contribution in [0, 0.1) is 6.07 Å². The van der Waals surface area contributed by atoms with Crippen molar-refractivity contribution < 1.29 is 4.52 Å². The number of likely N-dealkylation sites (tertiary alicyclic amines) is 1. The molecule has 2 heterocycles. The molecule has 0 amide bonds. The van der Waals surface area contributed by atoms with Gasteiger partial charge in [-0.1, -0.05) is 60.6 Å². The molecule has 1 unspecified atom stereocenters. The lowest BCUT2D eigenvalue weighted by Crippen LogP contribution is -2.34. The Morgan fingerprint density at radius 2 is 2.04 bits per heavy atom. The van der Waals surface area contributed by atoms with Crippen LogP contribution in [0.5, 0.6) is 0 Å². The Morgan fingerprint density at radius 1 is 1.19 bits per heavy atom. The van der Waals surface area contributed by atoms with Crippen molar-refractivity contribution in [3.63, 3.8) is 0 Å². The summed E-state index contributed by atoms with van der Waals surface area (Å²) in [5.74, 6) is 1.05. The fourth-order valence-corrected chi connectivity index (χ4v) is 3.38. The minimum absolute atomic E-state index is 0.0920. The molecule has 1 aliphatic rings. The van der Waals surface area contributed by atoms with E-state index in [0.717, 1.165) is 42.8 Å². The smallest absolute Gasteiger partial charge is 0.253 e. The SMILES string of the molecule is CC(c1cccc(-c2[c]cccc2)c1)c1cc(N=C(N)N2CCCC2)on1. The van der Waals surface area contributed by atoms with Crippen molar-refractivity contribution in [1.29, 1.82) is 0 Å². The Kier molecular flexibility index (Phi) is 4.92. The van der Waals surface area contributed by atoms with E-state index in [1.54, 1.807) is 0 Å². The second kappa shape index (κ2) is 7.66. The Hall–Kier alpha value is -3.08. The first-order chi connectivity index (χ1) is 13.2. The molecule has 0 bridgehead atoms. The van der Waals surface area contributed by atoms with Crippen molar-refractivity contribution in [3.8, 4) is 11.1 Å². The molecule has 1 fully saturated rings. The molecule has 5 heteroatoms. The molecule has 1 aliphatic heterocycles.